The van der Waals surface area contributed by atoms with E-state index in [4.69, 9.17) is 9.47 Å². The molecule has 4 rings (SSSR count). The topological polar surface area (TPSA) is 59.1 Å². The smallest absolute Gasteiger partial charge is 0.254 e. The van der Waals surface area contributed by atoms with Crippen LogP contribution in [0, 0.1) is 11.7 Å². The molecule has 8 heteroatoms. The van der Waals surface area contributed by atoms with E-state index >= 15 is 0 Å². The Hall–Kier alpha value is -3.39. The van der Waals surface area contributed by atoms with Crippen LogP contribution in [0.25, 0.3) is 0 Å². The number of hydrogen-bond donors (Lipinski definition) is 0. The molecule has 1 aromatic heterocycles. The normalized spacial score (nSPS) is 14.8. The molecule has 0 N–H and O–H groups in total. The maximum Gasteiger partial charge on any atom is 0.254 e. The highest BCUT2D eigenvalue weighted by Gasteiger charge is 2.33. The molecule has 196 valence electrons. The molecule has 1 atom stereocenters. The molecule has 6 nitrogen and oxygen atoms in total. The van der Waals surface area contributed by atoms with E-state index in [1.54, 1.807) is 64.6 Å². The lowest BCUT2D eigenvalue weighted by Crippen LogP contribution is -2.48. The number of carbonyl (C=O) groups excluding carboxylic acids is 2. The number of ether oxygens (including phenoxy) is 2. The molecule has 1 unspecified atom stereocenters. The van der Waals surface area contributed by atoms with E-state index in [0.717, 1.165) is 18.4 Å². The first kappa shape index (κ1) is 26.7. The molecule has 3 aromatic rings. The summed E-state index contributed by atoms with van der Waals surface area (Å²) in [5.74, 6) is 0.685. The number of methoxy groups -OCH3 is 1. The predicted molar refractivity (Wildman–Crippen MR) is 143 cm³/mol. The Kier molecular flexibility index (Phi) is 8.82. The van der Waals surface area contributed by atoms with Gasteiger partial charge in [0.1, 0.15) is 30.5 Å². The van der Waals surface area contributed by atoms with E-state index in [-0.39, 0.29) is 36.8 Å². The molecule has 0 saturated heterocycles. The fraction of sp³-hybridized carbons (Fsp3) is 0.379. The summed E-state index contributed by atoms with van der Waals surface area (Å²) in [6.07, 6.45) is 1.54. The second-order valence-corrected chi connectivity index (χ2v) is 10.6. The van der Waals surface area contributed by atoms with Gasteiger partial charge in [0.2, 0.25) is 5.91 Å². The van der Waals surface area contributed by atoms with E-state index in [1.165, 1.54) is 17.0 Å². The zero-order valence-electron chi connectivity index (χ0n) is 21.5. The molecule has 0 bridgehead atoms. The molecule has 0 radical (unpaired) electrons. The first-order valence-electron chi connectivity index (χ1n) is 12.5. The van der Waals surface area contributed by atoms with E-state index in [2.05, 4.69) is 13.8 Å². The Morgan fingerprint density at radius 3 is 2.68 bits per heavy atom. The molecule has 0 saturated carbocycles. The van der Waals surface area contributed by atoms with Crippen molar-refractivity contribution < 1.29 is 23.5 Å². The fourth-order valence-corrected chi connectivity index (χ4v) is 5.39. The van der Waals surface area contributed by atoms with Crippen molar-refractivity contribution >= 4 is 23.2 Å². The lowest BCUT2D eigenvalue weighted by molar-refractivity contribution is -0.135. The van der Waals surface area contributed by atoms with Gasteiger partial charge in [0.05, 0.1) is 13.2 Å². The lowest BCUT2D eigenvalue weighted by atomic mass is 10.00. The van der Waals surface area contributed by atoms with E-state index < -0.39 is 0 Å². The molecule has 0 aliphatic carbocycles. The monoisotopic (exact) mass is 524 g/mol. The second-order valence-electron chi connectivity index (χ2n) is 9.56. The molecule has 1 aliphatic rings. The van der Waals surface area contributed by atoms with Gasteiger partial charge >= 0.3 is 0 Å². The Bertz CT molecular complexity index is 1230. The Morgan fingerprint density at radius 1 is 1.14 bits per heavy atom. The number of amides is 2. The number of halogens is 1. The first-order chi connectivity index (χ1) is 17.9. The number of fused-ring (bicyclic) bond motifs is 1. The third kappa shape index (κ3) is 6.68. The van der Waals surface area contributed by atoms with Gasteiger partial charge in [-0.1, -0.05) is 26.0 Å². The van der Waals surface area contributed by atoms with Gasteiger partial charge in [0, 0.05) is 29.6 Å². The van der Waals surface area contributed by atoms with Crippen LogP contribution < -0.4 is 9.47 Å². The summed E-state index contributed by atoms with van der Waals surface area (Å²) in [7, 11) is 1.56. The molecular formula is C29H33FN2O4S. The minimum absolute atomic E-state index is 0.0291. The highest BCUT2D eigenvalue weighted by Crippen LogP contribution is 2.34. The number of hydrogen-bond acceptors (Lipinski definition) is 5. The van der Waals surface area contributed by atoms with Gasteiger partial charge in [0.25, 0.3) is 5.91 Å². The summed E-state index contributed by atoms with van der Waals surface area (Å²) in [6, 6.07) is 14.7. The number of benzene rings is 2. The van der Waals surface area contributed by atoms with Crippen LogP contribution in [0.3, 0.4) is 0 Å². The lowest BCUT2D eigenvalue weighted by Gasteiger charge is -2.37. The standard InChI is InChI=1S/C29H33FN2O4S/c1-20(2)10-13-31(29(34)21-6-4-8-23(16-21)35-3)18-28(33)32-14-11-27-25(12-15-37-27)26(32)19-36-24-9-5-7-22(30)17-24/h4-9,12,15-17,20,26H,10-11,13-14,18-19H2,1-3H3. The Labute approximate surface area is 221 Å². The quantitative estimate of drug-likeness (QED) is 0.347. The van der Waals surface area contributed by atoms with E-state index in [0.29, 0.717) is 36.1 Å². The van der Waals surface area contributed by atoms with Crippen LogP contribution in [-0.4, -0.2) is 55.0 Å². The molecule has 2 amide bonds. The molecule has 1 aliphatic heterocycles. The summed E-state index contributed by atoms with van der Waals surface area (Å²) in [5.41, 5.74) is 1.54. The summed E-state index contributed by atoms with van der Waals surface area (Å²) in [5, 5.41) is 2.02. The van der Waals surface area contributed by atoms with E-state index in [1.807, 2.05) is 11.4 Å². The number of nitrogens with zero attached hydrogens (tertiary/aromatic N) is 2. The molecular weight excluding hydrogens is 491 g/mol. The molecule has 2 heterocycles. The van der Waals surface area contributed by atoms with Crippen molar-refractivity contribution in [1.82, 2.24) is 9.80 Å². The minimum atomic E-state index is -0.373. The van der Waals surface area contributed by atoms with Gasteiger partial charge in [0.15, 0.2) is 0 Å². The molecule has 0 fully saturated rings. The van der Waals surface area contributed by atoms with Crippen LogP contribution >= 0.6 is 11.3 Å². The van der Waals surface area contributed by atoms with Crippen LogP contribution in [-0.2, 0) is 11.2 Å². The second kappa shape index (κ2) is 12.2. The van der Waals surface area contributed by atoms with Crippen molar-refractivity contribution in [2.45, 2.75) is 32.7 Å². The SMILES string of the molecule is COc1cccc(C(=O)N(CCC(C)C)CC(=O)N2CCc3sccc3C2COc2cccc(F)c2)c1. The van der Waals surface area contributed by atoms with E-state index in [9.17, 15) is 14.0 Å². The van der Waals surface area contributed by atoms with Crippen LogP contribution in [0.15, 0.2) is 60.0 Å². The van der Waals surface area contributed by atoms with Crippen molar-refractivity contribution in [2.75, 3.05) is 33.4 Å². The van der Waals surface area contributed by atoms with Crippen molar-refractivity contribution in [3.05, 3.63) is 81.8 Å². The molecule has 2 aromatic carbocycles. The summed E-state index contributed by atoms with van der Waals surface area (Å²) in [6.45, 7) is 5.38. The van der Waals surface area contributed by atoms with Gasteiger partial charge in [-0.05, 0) is 66.1 Å². The van der Waals surface area contributed by atoms with Gasteiger partial charge < -0.3 is 19.3 Å². The highest BCUT2D eigenvalue weighted by molar-refractivity contribution is 7.10. The largest absolute Gasteiger partial charge is 0.497 e. The van der Waals surface area contributed by atoms with Crippen molar-refractivity contribution in [2.24, 2.45) is 5.92 Å². The van der Waals surface area contributed by atoms with Crippen LogP contribution in [0.1, 0.15) is 47.1 Å². The third-order valence-electron chi connectivity index (χ3n) is 6.53. The predicted octanol–water partition coefficient (Wildman–Crippen LogP) is 5.59. The zero-order chi connectivity index (χ0) is 26.4. The fourth-order valence-electron chi connectivity index (χ4n) is 4.47. The number of carbonyl (C=O) groups is 2. The average Bonchev–Trinajstić information content (AvgIpc) is 3.38. The highest BCUT2D eigenvalue weighted by atomic mass is 32.1. The number of rotatable bonds is 10. The summed E-state index contributed by atoms with van der Waals surface area (Å²) < 4.78 is 24.9. The van der Waals surface area contributed by atoms with Gasteiger partial charge in [-0.25, -0.2) is 4.39 Å². The average molecular weight is 525 g/mol. The first-order valence-corrected chi connectivity index (χ1v) is 13.4. The van der Waals surface area contributed by atoms with Crippen LogP contribution in [0.2, 0.25) is 0 Å². The summed E-state index contributed by atoms with van der Waals surface area (Å²) >= 11 is 1.67. The van der Waals surface area contributed by atoms with Crippen LogP contribution in [0.4, 0.5) is 4.39 Å². The molecule has 37 heavy (non-hydrogen) atoms. The third-order valence-corrected chi connectivity index (χ3v) is 7.52. The van der Waals surface area contributed by atoms with Crippen molar-refractivity contribution in [3.63, 3.8) is 0 Å². The Balaban J connectivity index is 1.54. The van der Waals surface area contributed by atoms with Gasteiger partial charge in [-0.3, -0.25) is 9.59 Å². The molecule has 0 spiro atoms. The Morgan fingerprint density at radius 2 is 1.92 bits per heavy atom. The maximum atomic E-state index is 13.7. The number of thiophene rings is 1. The van der Waals surface area contributed by atoms with Gasteiger partial charge in [-0.2, -0.15) is 0 Å². The minimum Gasteiger partial charge on any atom is -0.497 e. The summed E-state index contributed by atoms with van der Waals surface area (Å²) in [4.78, 5) is 31.8. The zero-order valence-corrected chi connectivity index (χ0v) is 22.3. The van der Waals surface area contributed by atoms with Gasteiger partial charge in [-0.15, -0.1) is 11.3 Å². The van der Waals surface area contributed by atoms with Crippen molar-refractivity contribution in [3.8, 4) is 11.5 Å². The van der Waals surface area contributed by atoms with Crippen LogP contribution in [0.5, 0.6) is 11.5 Å². The maximum absolute atomic E-state index is 13.7. The van der Waals surface area contributed by atoms with Crippen molar-refractivity contribution in [1.29, 1.82) is 0 Å².